The number of aryl methyl sites for hydroxylation is 1. The lowest BCUT2D eigenvalue weighted by atomic mass is 10.2. The molecule has 0 spiro atoms. The molecular formula is C10H9IS2. The highest BCUT2D eigenvalue weighted by Crippen LogP contribution is 2.35. The summed E-state index contributed by atoms with van der Waals surface area (Å²) in [5.74, 6) is 0. The molecule has 1 heterocycles. The smallest absolute Gasteiger partial charge is 0.0608 e. The fourth-order valence-corrected chi connectivity index (χ4v) is 3.78. The van der Waals surface area contributed by atoms with Gasteiger partial charge in [0.15, 0.2) is 0 Å². The number of benzene rings is 1. The van der Waals surface area contributed by atoms with Gasteiger partial charge in [0, 0.05) is 8.27 Å². The standard InChI is InChI=1S/C10H9IS2/c1-6-3-4-7-5-8(12-2)13-10(7)9(6)11/h3-5H,1-2H3. The zero-order valence-corrected chi connectivity index (χ0v) is 11.2. The van der Waals surface area contributed by atoms with Crippen LogP contribution in [-0.4, -0.2) is 6.26 Å². The Bertz CT molecular complexity index is 445. The van der Waals surface area contributed by atoms with E-state index in [9.17, 15) is 0 Å². The van der Waals surface area contributed by atoms with Crippen LogP contribution in [0.3, 0.4) is 0 Å². The van der Waals surface area contributed by atoms with Crippen molar-refractivity contribution in [2.24, 2.45) is 0 Å². The van der Waals surface area contributed by atoms with Crippen LogP contribution in [0.4, 0.5) is 0 Å². The lowest BCUT2D eigenvalue weighted by molar-refractivity contribution is 1.48. The minimum atomic E-state index is 1.38. The Hall–Kier alpha value is 0.260. The number of fused-ring (bicyclic) bond motifs is 1. The van der Waals surface area contributed by atoms with Crippen molar-refractivity contribution in [3.8, 4) is 0 Å². The normalized spacial score (nSPS) is 11.0. The van der Waals surface area contributed by atoms with Gasteiger partial charge in [0.1, 0.15) is 0 Å². The average molecular weight is 320 g/mol. The predicted octanol–water partition coefficient (Wildman–Crippen LogP) is 4.54. The summed E-state index contributed by atoms with van der Waals surface area (Å²) < 4.78 is 4.24. The molecule has 13 heavy (non-hydrogen) atoms. The monoisotopic (exact) mass is 320 g/mol. The van der Waals surface area contributed by atoms with Crippen LogP contribution < -0.4 is 0 Å². The summed E-state index contributed by atoms with van der Waals surface area (Å²) in [4.78, 5) is 0. The van der Waals surface area contributed by atoms with Gasteiger partial charge in [0.25, 0.3) is 0 Å². The van der Waals surface area contributed by atoms with Crippen molar-refractivity contribution in [1.82, 2.24) is 0 Å². The maximum Gasteiger partial charge on any atom is 0.0608 e. The van der Waals surface area contributed by atoms with E-state index in [1.54, 1.807) is 0 Å². The molecule has 0 amide bonds. The van der Waals surface area contributed by atoms with Gasteiger partial charge in [-0.25, -0.2) is 0 Å². The highest BCUT2D eigenvalue weighted by Gasteiger charge is 2.05. The number of hydrogen-bond acceptors (Lipinski definition) is 2. The van der Waals surface area contributed by atoms with Gasteiger partial charge >= 0.3 is 0 Å². The van der Waals surface area contributed by atoms with E-state index in [0.29, 0.717) is 0 Å². The second-order valence-electron chi connectivity index (χ2n) is 2.88. The Balaban J connectivity index is 2.76. The Morgan fingerprint density at radius 2 is 2.15 bits per heavy atom. The first kappa shape index (κ1) is 9.80. The molecule has 0 radical (unpaired) electrons. The number of thiophene rings is 1. The molecule has 0 saturated heterocycles. The minimum Gasteiger partial charge on any atom is -0.128 e. The summed E-state index contributed by atoms with van der Waals surface area (Å²) in [6, 6.07) is 6.68. The molecule has 0 nitrogen and oxygen atoms in total. The minimum absolute atomic E-state index is 1.38. The SMILES string of the molecule is CSc1cc2ccc(C)c(I)c2s1. The molecule has 0 N–H and O–H groups in total. The molecule has 0 aliphatic rings. The van der Waals surface area contributed by atoms with Crippen molar-refractivity contribution in [3.05, 3.63) is 27.3 Å². The molecule has 0 fully saturated rings. The highest BCUT2D eigenvalue weighted by molar-refractivity contribution is 14.1. The van der Waals surface area contributed by atoms with Crippen LogP contribution in [0.5, 0.6) is 0 Å². The third kappa shape index (κ3) is 1.74. The summed E-state index contributed by atoms with van der Waals surface area (Å²) in [7, 11) is 0. The zero-order valence-electron chi connectivity index (χ0n) is 7.43. The van der Waals surface area contributed by atoms with Gasteiger partial charge < -0.3 is 0 Å². The predicted molar refractivity (Wildman–Crippen MR) is 71.1 cm³/mol. The number of rotatable bonds is 1. The van der Waals surface area contributed by atoms with Gasteiger partial charge in [-0.3, -0.25) is 0 Å². The van der Waals surface area contributed by atoms with E-state index in [1.807, 2.05) is 23.1 Å². The van der Waals surface area contributed by atoms with Crippen LogP contribution in [-0.2, 0) is 0 Å². The van der Waals surface area contributed by atoms with Gasteiger partial charge in [-0.05, 0) is 52.8 Å². The van der Waals surface area contributed by atoms with Crippen LogP contribution in [0.25, 0.3) is 10.1 Å². The van der Waals surface area contributed by atoms with Crippen LogP contribution >= 0.6 is 45.7 Å². The Labute approximate surface area is 99.9 Å². The van der Waals surface area contributed by atoms with Gasteiger partial charge in [0.05, 0.1) is 4.21 Å². The van der Waals surface area contributed by atoms with Crippen molar-refractivity contribution >= 4 is 55.8 Å². The summed E-state index contributed by atoms with van der Waals surface area (Å²) in [5, 5.41) is 1.38. The molecule has 0 aliphatic carbocycles. The van der Waals surface area contributed by atoms with Crippen LogP contribution in [0.15, 0.2) is 22.4 Å². The van der Waals surface area contributed by atoms with E-state index in [2.05, 4.69) is 54.0 Å². The molecule has 0 bridgehead atoms. The molecule has 2 aromatic rings. The van der Waals surface area contributed by atoms with Crippen molar-refractivity contribution < 1.29 is 0 Å². The van der Waals surface area contributed by atoms with E-state index < -0.39 is 0 Å². The quantitative estimate of drug-likeness (QED) is 0.549. The van der Waals surface area contributed by atoms with E-state index in [1.165, 1.54) is 23.4 Å². The van der Waals surface area contributed by atoms with Gasteiger partial charge in [-0.15, -0.1) is 23.1 Å². The lowest BCUT2D eigenvalue weighted by Gasteiger charge is -1.97. The van der Waals surface area contributed by atoms with Crippen molar-refractivity contribution in [1.29, 1.82) is 0 Å². The van der Waals surface area contributed by atoms with Crippen molar-refractivity contribution in [2.75, 3.05) is 6.26 Å². The van der Waals surface area contributed by atoms with E-state index in [4.69, 9.17) is 0 Å². The van der Waals surface area contributed by atoms with E-state index in [-0.39, 0.29) is 0 Å². The number of thioether (sulfide) groups is 1. The fraction of sp³-hybridized carbons (Fsp3) is 0.200. The summed E-state index contributed by atoms with van der Waals surface area (Å²) in [6.07, 6.45) is 2.13. The molecule has 1 aromatic carbocycles. The Morgan fingerprint density at radius 1 is 1.38 bits per heavy atom. The van der Waals surface area contributed by atoms with Crippen LogP contribution in [0, 0.1) is 10.5 Å². The third-order valence-electron chi connectivity index (χ3n) is 2.00. The average Bonchev–Trinajstić information content (AvgIpc) is 2.55. The summed E-state index contributed by atoms with van der Waals surface area (Å²) >= 11 is 6.15. The van der Waals surface area contributed by atoms with E-state index in [0.717, 1.165) is 0 Å². The third-order valence-corrected chi connectivity index (χ3v) is 5.99. The van der Waals surface area contributed by atoms with E-state index >= 15 is 0 Å². The van der Waals surface area contributed by atoms with Gasteiger partial charge in [-0.1, -0.05) is 12.1 Å². The molecular weight excluding hydrogens is 311 g/mol. The zero-order chi connectivity index (χ0) is 9.42. The second kappa shape index (κ2) is 3.79. The van der Waals surface area contributed by atoms with Crippen molar-refractivity contribution in [2.45, 2.75) is 11.1 Å². The largest absolute Gasteiger partial charge is 0.128 e. The molecule has 68 valence electrons. The second-order valence-corrected chi connectivity index (χ2v) is 6.12. The van der Waals surface area contributed by atoms with Crippen LogP contribution in [0.2, 0.25) is 0 Å². The first-order chi connectivity index (χ1) is 6.22. The molecule has 0 atom stereocenters. The molecule has 3 heteroatoms. The Kier molecular flexibility index (Phi) is 2.86. The molecule has 0 saturated carbocycles. The van der Waals surface area contributed by atoms with Gasteiger partial charge in [-0.2, -0.15) is 0 Å². The molecule has 0 aliphatic heterocycles. The lowest BCUT2D eigenvalue weighted by Crippen LogP contribution is -1.77. The Morgan fingerprint density at radius 3 is 2.85 bits per heavy atom. The highest BCUT2D eigenvalue weighted by atomic mass is 127. The molecule has 2 rings (SSSR count). The summed E-state index contributed by atoms with van der Waals surface area (Å²) in [6.45, 7) is 2.17. The van der Waals surface area contributed by atoms with Crippen LogP contribution in [0.1, 0.15) is 5.56 Å². The topological polar surface area (TPSA) is 0 Å². The first-order valence-corrected chi connectivity index (χ1v) is 7.07. The number of halogens is 1. The first-order valence-electron chi connectivity index (χ1n) is 3.95. The fourth-order valence-electron chi connectivity index (χ4n) is 1.24. The molecule has 0 unspecified atom stereocenters. The maximum absolute atomic E-state index is 2.43. The van der Waals surface area contributed by atoms with Gasteiger partial charge in [0.2, 0.25) is 0 Å². The molecule has 1 aromatic heterocycles. The van der Waals surface area contributed by atoms with Crippen molar-refractivity contribution in [3.63, 3.8) is 0 Å². The number of hydrogen-bond donors (Lipinski definition) is 0. The maximum atomic E-state index is 2.43. The summed E-state index contributed by atoms with van der Waals surface area (Å²) in [5.41, 5.74) is 1.38.